The molecule has 1 aliphatic carbocycles. The molecule has 96 valence electrons. The Morgan fingerprint density at radius 1 is 1.39 bits per heavy atom. The summed E-state index contributed by atoms with van der Waals surface area (Å²) in [6, 6.07) is 9.30. The number of carbonyl (C=O) groups excluding carboxylic acids is 1. The highest BCUT2D eigenvalue weighted by Gasteiger charge is 2.60. The molecule has 1 aromatic carbocycles. The van der Waals surface area contributed by atoms with Gasteiger partial charge in [-0.2, -0.15) is 0 Å². The molecule has 0 heterocycles. The van der Waals surface area contributed by atoms with Crippen LogP contribution in [0.5, 0.6) is 0 Å². The van der Waals surface area contributed by atoms with Crippen molar-refractivity contribution in [1.82, 2.24) is 0 Å². The van der Waals surface area contributed by atoms with Gasteiger partial charge in [-0.05, 0) is 25.3 Å². The van der Waals surface area contributed by atoms with Gasteiger partial charge < -0.3 is 9.84 Å². The van der Waals surface area contributed by atoms with Gasteiger partial charge in [0.15, 0.2) is 5.41 Å². The molecule has 0 saturated heterocycles. The smallest absolute Gasteiger partial charge is 0.324 e. The van der Waals surface area contributed by atoms with Crippen LogP contribution in [0.4, 0.5) is 0 Å². The van der Waals surface area contributed by atoms with Crippen LogP contribution >= 0.6 is 0 Å². The zero-order valence-electron chi connectivity index (χ0n) is 10.3. The molecule has 18 heavy (non-hydrogen) atoms. The monoisotopic (exact) mass is 248 g/mol. The van der Waals surface area contributed by atoms with Gasteiger partial charge in [-0.1, -0.05) is 30.3 Å². The van der Waals surface area contributed by atoms with Crippen LogP contribution in [-0.4, -0.2) is 23.7 Å². The lowest BCUT2D eigenvalue weighted by atomic mass is 9.57. The molecule has 0 spiro atoms. The minimum Gasteiger partial charge on any atom is -0.480 e. The average Bonchev–Trinajstić information content (AvgIpc) is 2.29. The lowest BCUT2D eigenvalue weighted by Crippen LogP contribution is -2.52. The zero-order valence-corrected chi connectivity index (χ0v) is 10.3. The fourth-order valence-corrected chi connectivity index (χ4v) is 2.56. The number of hydrogen-bond donors (Lipinski definition) is 1. The Morgan fingerprint density at radius 2 is 2.06 bits per heavy atom. The number of carboxylic acids is 1. The second-order valence-corrected chi connectivity index (χ2v) is 4.50. The van der Waals surface area contributed by atoms with E-state index >= 15 is 0 Å². The van der Waals surface area contributed by atoms with Crippen LogP contribution in [0.3, 0.4) is 0 Å². The van der Waals surface area contributed by atoms with E-state index < -0.39 is 17.4 Å². The molecule has 1 fully saturated rings. The van der Waals surface area contributed by atoms with Crippen molar-refractivity contribution in [3.8, 4) is 0 Å². The molecule has 4 heteroatoms. The molecule has 1 N–H and O–H groups in total. The Morgan fingerprint density at radius 3 is 2.50 bits per heavy atom. The summed E-state index contributed by atoms with van der Waals surface area (Å²) < 4.78 is 4.94. The lowest BCUT2D eigenvalue weighted by Gasteiger charge is -2.43. The van der Waals surface area contributed by atoms with Crippen LogP contribution in [0, 0.1) is 5.41 Å². The van der Waals surface area contributed by atoms with Gasteiger partial charge in [0, 0.05) is 5.92 Å². The molecule has 2 rings (SSSR count). The van der Waals surface area contributed by atoms with Gasteiger partial charge in [0.05, 0.1) is 6.61 Å². The molecule has 1 saturated carbocycles. The summed E-state index contributed by atoms with van der Waals surface area (Å²) in [4.78, 5) is 23.5. The minimum atomic E-state index is -1.39. The number of benzene rings is 1. The molecule has 2 unspecified atom stereocenters. The maximum atomic E-state index is 12.0. The number of esters is 1. The van der Waals surface area contributed by atoms with Crippen LogP contribution in [0.2, 0.25) is 0 Å². The van der Waals surface area contributed by atoms with E-state index in [0.717, 1.165) is 5.56 Å². The maximum Gasteiger partial charge on any atom is 0.324 e. The molecule has 2 atom stereocenters. The van der Waals surface area contributed by atoms with E-state index in [4.69, 9.17) is 4.74 Å². The first-order valence-corrected chi connectivity index (χ1v) is 6.08. The summed E-state index contributed by atoms with van der Waals surface area (Å²) in [5.41, 5.74) is -0.503. The number of rotatable bonds is 4. The highest BCUT2D eigenvalue weighted by atomic mass is 16.5. The second-order valence-electron chi connectivity index (χ2n) is 4.50. The largest absolute Gasteiger partial charge is 0.480 e. The Kier molecular flexibility index (Phi) is 3.36. The van der Waals surface area contributed by atoms with Gasteiger partial charge in [-0.25, -0.2) is 0 Å². The number of aliphatic carboxylic acids is 1. The summed E-state index contributed by atoms with van der Waals surface area (Å²) >= 11 is 0. The number of ether oxygens (including phenoxy) is 1. The van der Waals surface area contributed by atoms with Crippen molar-refractivity contribution in [2.45, 2.75) is 25.7 Å². The fraction of sp³-hybridized carbons (Fsp3) is 0.429. The van der Waals surface area contributed by atoms with Crippen LogP contribution in [0.1, 0.15) is 31.2 Å². The van der Waals surface area contributed by atoms with Crippen LogP contribution < -0.4 is 0 Å². The number of hydrogen-bond acceptors (Lipinski definition) is 3. The van der Waals surface area contributed by atoms with Gasteiger partial charge >= 0.3 is 11.9 Å². The molecule has 1 aromatic rings. The van der Waals surface area contributed by atoms with Gasteiger partial charge in [0.2, 0.25) is 0 Å². The molecule has 0 aliphatic heterocycles. The molecule has 0 amide bonds. The first kappa shape index (κ1) is 12.6. The first-order chi connectivity index (χ1) is 8.63. The van der Waals surface area contributed by atoms with Crippen molar-refractivity contribution in [2.24, 2.45) is 5.41 Å². The Labute approximate surface area is 106 Å². The predicted octanol–water partition coefficient (Wildman–Crippen LogP) is 2.20. The SMILES string of the molecule is CCOC(=O)C1(C(=O)O)CCC1c1ccccc1. The Bertz CT molecular complexity index is 454. The molecule has 0 radical (unpaired) electrons. The summed E-state index contributed by atoms with van der Waals surface area (Å²) in [5.74, 6) is -1.98. The van der Waals surface area contributed by atoms with Crippen molar-refractivity contribution < 1.29 is 19.4 Å². The molecular weight excluding hydrogens is 232 g/mol. The Hall–Kier alpha value is -1.84. The summed E-state index contributed by atoms with van der Waals surface area (Å²) in [5, 5.41) is 9.41. The van der Waals surface area contributed by atoms with Crippen molar-refractivity contribution in [2.75, 3.05) is 6.61 Å². The number of carboxylic acid groups (broad SMARTS) is 1. The van der Waals surface area contributed by atoms with E-state index in [1.807, 2.05) is 30.3 Å². The highest BCUT2D eigenvalue weighted by molar-refractivity contribution is 6.01. The predicted molar refractivity (Wildman–Crippen MR) is 65.1 cm³/mol. The fourth-order valence-electron chi connectivity index (χ4n) is 2.56. The third-order valence-electron chi connectivity index (χ3n) is 3.65. The highest BCUT2D eigenvalue weighted by Crippen LogP contribution is 2.54. The van der Waals surface area contributed by atoms with Gasteiger partial charge in [-0.15, -0.1) is 0 Å². The van der Waals surface area contributed by atoms with E-state index in [9.17, 15) is 14.7 Å². The Balaban J connectivity index is 2.33. The van der Waals surface area contributed by atoms with Crippen molar-refractivity contribution in [1.29, 1.82) is 0 Å². The third kappa shape index (κ3) is 1.78. The molecule has 0 bridgehead atoms. The quantitative estimate of drug-likeness (QED) is 0.655. The summed E-state index contributed by atoms with van der Waals surface area (Å²) in [6.45, 7) is 1.89. The average molecular weight is 248 g/mol. The van der Waals surface area contributed by atoms with E-state index in [1.165, 1.54) is 0 Å². The van der Waals surface area contributed by atoms with Gasteiger partial charge in [0.1, 0.15) is 0 Å². The van der Waals surface area contributed by atoms with Crippen LogP contribution in [-0.2, 0) is 14.3 Å². The standard InChI is InChI=1S/C14H16O4/c1-2-18-13(17)14(12(15)16)9-8-11(14)10-6-4-3-5-7-10/h3-7,11H,2,8-9H2,1H3,(H,15,16). The van der Waals surface area contributed by atoms with Gasteiger partial charge in [-0.3, -0.25) is 9.59 Å². The normalized spacial score (nSPS) is 26.2. The topological polar surface area (TPSA) is 63.6 Å². The van der Waals surface area contributed by atoms with E-state index in [-0.39, 0.29) is 12.5 Å². The zero-order chi connectivity index (χ0) is 13.2. The lowest BCUT2D eigenvalue weighted by molar-refractivity contribution is -0.178. The van der Waals surface area contributed by atoms with Crippen molar-refractivity contribution in [3.63, 3.8) is 0 Å². The van der Waals surface area contributed by atoms with Gasteiger partial charge in [0.25, 0.3) is 0 Å². The molecule has 4 nitrogen and oxygen atoms in total. The van der Waals surface area contributed by atoms with E-state index in [1.54, 1.807) is 6.92 Å². The summed E-state index contributed by atoms with van der Waals surface area (Å²) in [6.07, 6.45) is 1.05. The van der Waals surface area contributed by atoms with Crippen molar-refractivity contribution in [3.05, 3.63) is 35.9 Å². The second kappa shape index (κ2) is 4.80. The summed E-state index contributed by atoms with van der Waals surface area (Å²) in [7, 11) is 0. The first-order valence-electron chi connectivity index (χ1n) is 6.08. The van der Waals surface area contributed by atoms with Crippen molar-refractivity contribution >= 4 is 11.9 Å². The molecular formula is C14H16O4. The molecule has 1 aliphatic rings. The van der Waals surface area contributed by atoms with E-state index in [0.29, 0.717) is 12.8 Å². The molecule has 0 aromatic heterocycles. The number of carbonyl (C=O) groups is 2. The minimum absolute atomic E-state index is 0.204. The van der Waals surface area contributed by atoms with Crippen LogP contribution in [0.25, 0.3) is 0 Å². The third-order valence-corrected chi connectivity index (χ3v) is 3.65. The van der Waals surface area contributed by atoms with Crippen LogP contribution in [0.15, 0.2) is 30.3 Å². The maximum absolute atomic E-state index is 12.0. The van der Waals surface area contributed by atoms with E-state index in [2.05, 4.69) is 0 Å².